The zero-order valence-electron chi connectivity index (χ0n) is 11.1. The van der Waals surface area contributed by atoms with Crippen molar-refractivity contribution in [3.8, 4) is 0 Å². The van der Waals surface area contributed by atoms with Crippen molar-refractivity contribution in [2.45, 2.75) is 26.3 Å². The number of nitrogens with one attached hydrogen (secondary N) is 1. The van der Waals surface area contributed by atoms with Gasteiger partial charge in [0.15, 0.2) is 0 Å². The number of fused-ring (bicyclic) bond motifs is 1. The molecule has 0 aliphatic rings. The molecule has 0 aliphatic carbocycles. The highest BCUT2D eigenvalue weighted by Crippen LogP contribution is 2.34. The molecule has 2 aromatic rings. The van der Waals surface area contributed by atoms with E-state index in [0.717, 1.165) is 4.47 Å². The van der Waals surface area contributed by atoms with E-state index in [0.29, 0.717) is 0 Å². The van der Waals surface area contributed by atoms with Crippen molar-refractivity contribution in [2.24, 2.45) is 7.05 Å². The Labute approximate surface area is 111 Å². The number of rotatable bonds is 2. The van der Waals surface area contributed by atoms with Gasteiger partial charge in [0, 0.05) is 39.2 Å². The van der Waals surface area contributed by atoms with Gasteiger partial charge in [0.25, 0.3) is 0 Å². The van der Waals surface area contributed by atoms with E-state index in [9.17, 15) is 0 Å². The van der Waals surface area contributed by atoms with Crippen LogP contribution in [0.25, 0.3) is 10.9 Å². The maximum atomic E-state index is 3.56. The van der Waals surface area contributed by atoms with Gasteiger partial charge >= 0.3 is 0 Å². The van der Waals surface area contributed by atoms with Crippen LogP contribution in [-0.2, 0) is 12.6 Å². The van der Waals surface area contributed by atoms with Gasteiger partial charge in [0.2, 0.25) is 0 Å². The molecule has 2 nitrogen and oxygen atoms in total. The molecule has 0 saturated heterocycles. The second-order valence-corrected chi connectivity index (χ2v) is 5.97. The van der Waals surface area contributed by atoms with Gasteiger partial charge in [-0.05, 0) is 46.0 Å². The minimum absolute atomic E-state index is 0.0234. The lowest BCUT2D eigenvalue weighted by atomic mass is 9.92. The predicted octanol–water partition coefficient (Wildman–Crippen LogP) is 3.70. The van der Waals surface area contributed by atoms with Gasteiger partial charge in [-0.1, -0.05) is 15.9 Å². The van der Waals surface area contributed by atoms with Crippen LogP contribution in [0.4, 0.5) is 0 Å². The fourth-order valence-electron chi connectivity index (χ4n) is 2.46. The molecule has 1 heterocycles. The predicted molar refractivity (Wildman–Crippen MR) is 77.4 cm³/mol. The molecule has 0 aliphatic heterocycles. The summed E-state index contributed by atoms with van der Waals surface area (Å²) in [6.45, 7) is 6.62. The normalized spacial score (nSPS) is 12.4. The van der Waals surface area contributed by atoms with Crippen LogP contribution in [0.15, 0.2) is 22.7 Å². The monoisotopic (exact) mass is 294 g/mol. The van der Waals surface area contributed by atoms with Crippen molar-refractivity contribution in [3.63, 3.8) is 0 Å². The van der Waals surface area contributed by atoms with E-state index in [-0.39, 0.29) is 5.54 Å². The topological polar surface area (TPSA) is 17.0 Å². The Hall–Kier alpha value is -0.800. The standard InChI is InChI=1S/C14H19BrN2/c1-9-13(14(2,3)16-4)11-8-10(15)6-7-12(11)17(9)5/h6-8,16H,1-5H3. The molecule has 0 amide bonds. The molecular weight excluding hydrogens is 276 g/mol. The largest absolute Gasteiger partial charge is 0.348 e. The van der Waals surface area contributed by atoms with Crippen LogP contribution >= 0.6 is 15.9 Å². The second-order valence-electron chi connectivity index (χ2n) is 5.06. The van der Waals surface area contributed by atoms with Crippen LogP contribution < -0.4 is 5.32 Å². The Morgan fingerprint density at radius 2 is 1.94 bits per heavy atom. The van der Waals surface area contributed by atoms with Crippen molar-refractivity contribution >= 4 is 26.8 Å². The van der Waals surface area contributed by atoms with E-state index < -0.39 is 0 Å². The minimum atomic E-state index is -0.0234. The van der Waals surface area contributed by atoms with Crippen molar-refractivity contribution < 1.29 is 0 Å². The van der Waals surface area contributed by atoms with Gasteiger partial charge < -0.3 is 9.88 Å². The van der Waals surface area contributed by atoms with E-state index in [2.05, 4.69) is 71.8 Å². The highest BCUT2D eigenvalue weighted by Gasteiger charge is 2.25. The molecular formula is C14H19BrN2. The number of aromatic nitrogens is 1. The van der Waals surface area contributed by atoms with Gasteiger partial charge in [0.05, 0.1) is 0 Å². The maximum absolute atomic E-state index is 3.56. The molecule has 0 saturated carbocycles. The summed E-state index contributed by atoms with van der Waals surface area (Å²) in [6, 6.07) is 6.47. The summed E-state index contributed by atoms with van der Waals surface area (Å²) in [5.41, 5.74) is 3.95. The molecule has 0 radical (unpaired) electrons. The van der Waals surface area contributed by atoms with E-state index in [4.69, 9.17) is 0 Å². The third kappa shape index (κ3) is 1.91. The lowest BCUT2D eigenvalue weighted by molar-refractivity contribution is 0.444. The molecule has 2 rings (SSSR count). The molecule has 0 atom stereocenters. The molecule has 92 valence electrons. The summed E-state index contributed by atoms with van der Waals surface area (Å²) in [6.07, 6.45) is 0. The average molecular weight is 295 g/mol. The first-order valence-corrected chi connectivity index (χ1v) is 6.61. The van der Waals surface area contributed by atoms with Crippen LogP contribution in [-0.4, -0.2) is 11.6 Å². The van der Waals surface area contributed by atoms with Gasteiger partial charge in [-0.2, -0.15) is 0 Å². The summed E-state index contributed by atoms with van der Waals surface area (Å²) in [5.74, 6) is 0. The Balaban J connectivity index is 2.87. The van der Waals surface area contributed by atoms with Gasteiger partial charge in [0.1, 0.15) is 0 Å². The maximum Gasteiger partial charge on any atom is 0.0484 e. The van der Waals surface area contributed by atoms with Crippen LogP contribution in [0.2, 0.25) is 0 Å². The van der Waals surface area contributed by atoms with Crippen molar-refractivity contribution in [2.75, 3.05) is 7.05 Å². The van der Waals surface area contributed by atoms with Gasteiger partial charge in [-0.25, -0.2) is 0 Å². The van der Waals surface area contributed by atoms with Crippen LogP contribution in [0.5, 0.6) is 0 Å². The average Bonchev–Trinajstić information content (AvgIpc) is 2.51. The Morgan fingerprint density at radius 3 is 2.53 bits per heavy atom. The SMILES string of the molecule is CNC(C)(C)c1c(C)n(C)c2ccc(Br)cc12. The fraction of sp³-hybridized carbons (Fsp3) is 0.429. The third-order valence-electron chi connectivity index (χ3n) is 3.70. The van der Waals surface area contributed by atoms with E-state index in [1.807, 2.05) is 7.05 Å². The summed E-state index contributed by atoms with van der Waals surface area (Å²) in [7, 11) is 4.14. The van der Waals surface area contributed by atoms with E-state index in [1.165, 1.54) is 22.2 Å². The van der Waals surface area contributed by atoms with Crippen molar-refractivity contribution in [1.29, 1.82) is 0 Å². The minimum Gasteiger partial charge on any atom is -0.348 e. The first-order valence-electron chi connectivity index (χ1n) is 5.82. The number of hydrogen-bond donors (Lipinski definition) is 1. The first-order chi connectivity index (χ1) is 7.88. The van der Waals surface area contributed by atoms with Crippen LogP contribution in [0.3, 0.4) is 0 Å². The lowest BCUT2D eigenvalue weighted by Crippen LogP contribution is -2.33. The zero-order valence-corrected chi connectivity index (χ0v) is 12.6. The highest BCUT2D eigenvalue weighted by molar-refractivity contribution is 9.10. The summed E-state index contributed by atoms with van der Waals surface area (Å²) < 4.78 is 3.39. The Morgan fingerprint density at radius 1 is 1.29 bits per heavy atom. The number of aryl methyl sites for hydroxylation is 1. The first kappa shape index (κ1) is 12.7. The third-order valence-corrected chi connectivity index (χ3v) is 4.20. The molecule has 0 fully saturated rings. The van der Waals surface area contributed by atoms with Crippen LogP contribution in [0.1, 0.15) is 25.1 Å². The Bertz CT molecular complexity index is 567. The number of benzene rings is 1. The van der Waals surface area contributed by atoms with E-state index in [1.54, 1.807) is 0 Å². The molecule has 1 aromatic heterocycles. The molecule has 0 bridgehead atoms. The molecule has 1 N–H and O–H groups in total. The summed E-state index contributed by atoms with van der Waals surface area (Å²) >= 11 is 3.56. The molecule has 3 heteroatoms. The van der Waals surface area contributed by atoms with Gasteiger partial charge in [-0.3, -0.25) is 0 Å². The van der Waals surface area contributed by atoms with Crippen molar-refractivity contribution in [1.82, 2.24) is 9.88 Å². The molecule has 0 spiro atoms. The zero-order chi connectivity index (χ0) is 12.8. The number of hydrogen-bond acceptors (Lipinski definition) is 1. The van der Waals surface area contributed by atoms with Crippen LogP contribution in [0, 0.1) is 6.92 Å². The number of nitrogens with zero attached hydrogens (tertiary/aromatic N) is 1. The fourth-order valence-corrected chi connectivity index (χ4v) is 2.82. The summed E-state index contributed by atoms with van der Waals surface area (Å²) in [4.78, 5) is 0. The lowest BCUT2D eigenvalue weighted by Gasteiger charge is -2.25. The van der Waals surface area contributed by atoms with Crippen molar-refractivity contribution in [3.05, 3.63) is 33.9 Å². The quantitative estimate of drug-likeness (QED) is 0.894. The smallest absolute Gasteiger partial charge is 0.0484 e. The number of halogens is 1. The molecule has 0 unspecified atom stereocenters. The molecule has 17 heavy (non-hydrogen) atoms. The summed E-state index contributed by atoms with van der Waals surface area (Å²) in [5, 5.41) is 4.71. The highest BCUT2D eigenvalue weighted by atomic mass is 79.9. The Kier molecular flexibility index (Phi) is 3.08. The van der Waals surface area contributed by atoms with E-state index >= 15 is 0 Å². The van der Waals surface area contributed by atoms with Gasteiger partial charge in [-0.15, -0.1) is 0 Å². The molecule has 1 aromatic carbocycles. The second kappa shape index (κ2) is 4.14.